The largest absolute Gasteiger partial charge is 0.493 e. The molecule has 1 atom stereocenters. The van der Waals surface area contributed by atoms with Gasteiger partial charge < -0.3 is 18.9 Å². The Hall–Kier alpha value is -3.19. The van der Waals surface area contributed by atoms with Gasteiger partial charge in [-0.15, -0.1) is 0 Å². The Morgan fingerprint density at radius 1 is 1.04 bits per heavy atom. The summed E-state index contributed by atoms with van der Waals surface area (Å²) in [4.78, 5) is 32.6. The molecule has 0 fully saturated rings. The minimum atomic E-state index is -0.785. The van der Waals surface area contributed by atoms with Crippen LogP contribution < -0.4 is 29.1 Å². The summed E-state index contributed by atoms with van der Waals surface area (Å²) >= 11 is 12.0. The predicted molar refractivity (Wildman–Crippen MR) is 189 cm³/mol. The summed E-state index contributed by atoms with van der Waals surface area (Å²) in [7, 11) is 1.55. The summed E-state index contributed by atoms with van der Waals surface area (Å²) in [6.45, 7) is 7.93. The summed E-state index contributed by atoms with van der Waals surface area (Å²) in [5.74, 6) is 1.17. The van der Waals surface area contributed by atoms with E-state index in [1.54, 1.807) is 43.7 Å². The van der Waals surface area contributed by atoms with Crippen LogP contribution in [0, 0.1) is 0 Å². The van der Waals surface area contributed by atoms with Crippen molar-refractivity contribution in [1.29, 1.82) is 0 Å². The lowest BCUT2D eigenvalue weighted by atomic mass is 9.95. The fourth-order valence-electron chi connectivity index (χ4n) is 5.00. The number of carbonyl (C=O) groups is 1. The number of hydrogen-bond acceptors (Lipinski definition) is 8. The van der Waals surface area contributed by atoms with E-state index in [0.717, 1.165) is 24.5 Å². The third-order valence-electron chi connectivity index (χ3n) is 7.00. The summed E-state index contributed by atoms with van der Waals surface area (Å²) < 4.78 is 27.5. The normalized spacial score (nSPS) is 14.6. The van der Waals surface area contributed by atoms with E-state index in [0.29, 0.717) is 44.4 Å². The smallest absolute Gasteiger partial charge is 0.338 e. The number of nitrogens with zero attached hydrogens (tertiary/aromatic N) is 2. The van der Waals surface area contributed by atoms with Gasteiger partial charge in [0.05, 0.1) is 50.6 Å². The van der Waals surface area contributed by atoms with Gasteiger partial charge >= 0.3 is 5.97 Å². The average Bonchev–Trinajstić information content (AvgIpc) is 3.30. The molecule has 0 spiro atoms. The monoisotopic (exact) mass is 832 g/mol. The molecule has 240 valence electrons. The first-order chi connectivity index (χ1) is 22.0. The fourth-order valence-corrected chi connectivity index (χ4v) is 7.76. The first-order valence-corrected chi connectivity index (χ1v) is 17.6. The zero-order chi connectivity index (χ0) is 33.1. The molecular weight excluding hydrogens is 804 g/mol. The number of methoxy groups -OCH3 is 1. The van der Waals surface area contributed by atoms with Gasteiger partial charge in [-0.1, -0.05) is 45.5 Å². The highest BCUT2D eigenvalue weighted by Gasteiger charge is 2.34. The van der Waals surface area contributed by atoms with Crippen molar-refractivity contribution in [2.75, 3.05) is 13.7 Å². The molecule has 2 heterocycles. The Bertz CT molecular complexity index is 1980. The van der Waals surface area contributed by atoms with Gasteiger partial charge in [0.1, 0.15) is 12.4 Å². The molecule has 8 nitrogen and oxygen atoms in total. The number of ether oxygens (including phenoxy) is 4. The lowest BCUT2D eigenvalue weighted by Crippen LogP contribution is -2.40. The molecule has 46 heavy (non-hydrogen) atoms. The Balaban J connectivity index is 1.57. The van der Waals surface area contributed by atoms with Crippen LogP contribution in [0.25, 0.3) is 6.08 Å². The number of hydrogen-bond donors (Lipinski definition) is 0. The Morgan fingerprint density at radius 2 is 1.74 bits per heavy atom. The zero-order valence-electron chi connectivity index (χ0n) is 25.7. The number of benzene rings is 3. The molecule has 4 aromatic rings. The predicted octanol–water partition coefficient (Wildman–Crippen LogP) is 7.46. The van der Waals surface area contributed by atoms with Gasteiger partial charge in [0.2, 0.25) is 0 Å². The molecule has 0 amide bonds. The van der Waals surface area contributed by atoms with Crippen molar-refractivity contribution in [3.05, 3.63) is 116 Å². The van der Waals surface area contributed by atoms with E-state index in [1.165, 1.54) is 11.3 Å². The first-order valence-electron chi connectivity index (χ1n) is 14.4. The number of thiazole rings is 1. The van der Waals surface area contributed by atoms with Crippen molar-refractivity contribution in [1.82, 2.24) is 4.57 Å². The third-order valence-corrected chi connectivity index (χ3v) is 9.69. The highest BCUT2D eigenvalue weighted by atomic mass is 79.9. The number of esters is 1. The number of halogens is 3. The molecular formula is C34H31Br3N2O6S. The van der Waals surface area contributed by atoms with Crippen molar-refractivity contribution in [2.24, 2.45) is 4.99 Å². The molecule has 0 N–H and O–H groups in total. The standard InChI is InChI=1S/C34H31Br3N2O6S/c1-6-43-33(41)29-19(4)38-34-39(30(29)22-9-12-26(45-18(2)3)27(16-22)42-5)32(40)28(46-34)15-21-13-24(36)31(25(37)14-21)44-17-20-7-10-23(35)11-8-20/h7-16,18,30H,6,17H2,1-5H3/b28-15-/t30-/m0/s1. The molecule has 0 bridgehead atoms. The van der Waals surface area contributed by atoms with Crippen LogP contribution in [-0.4, -0.2) is 30.4 Å². The van der Waals surface area contributed by atoms with E-state index in [1.807, 2.05) is 56.3 Å². The number of carbonyl (C=O) groups excluding carboxylic acids is 1. The molecule has 0 saturated heterocycles. The van der Waals surface area contributed by atoms with Gasteiger partial charge in [-0.05, 0) is 119 Å². The van der Waals surface area contributed by atoms with Gasteiger partial charge in [0.25, 0.3) is 5.56 Å². The maximum Gasteiger partial charge on any atom is 0.338 e. The Labute approximate surface area is 295 Å². The van der Waals surface area contributed by atoms with Gasteiger partial charge in [0.15, 0.2) is 16.3 Å². The molecule has 3 aromatic carbocycles. The lowest BCUT2D eigenvalue weighted by molar-refractivity contribution is -0.139. The highest BCUT2D eigenvalue weighted by molar-refractivity contribution is 9.11. The summed E-state index contributed by atoms with van der Waals surface area (Å²) in [5, 5.41) is 0. The molecule has 0 unspecified atom stereocenters. The van der Waals surface area contributed by atoms with E-state index in [9.17, 15) is 9.59 Å². The fraction of sp³-hybridized carbons (Fsp3) is 0.265. The van der Waals surface area contributed by atoms with Crippen LogP contribution in [0.1, 0.15) is 50.4 Å². The number of allylic oxidation sites excluding steroid dienone is 1. The van der Waals surface area contributed by atoms with Crippen LogP contribution >= 0.6 is 59.1 Å². The van der Waals surface area contributed by atoms with Crippen LogP contribution in [0.5, 0.6) is 17.2 Å². The summed E-state index contributed by atoms with van der Waals surface area (Å²) in [5.41, 5.74) is 2.95. The van der Waals surface area contributed by atoms with Gasteiger partial charge in [0, 0.05) is 4.47 Å². The van der Waals surface area contributed by atoms with Crippen LogP contribution in [0.4, 0.5) is 0 Å². The Kier molecular flexibility index (Phi) is 10.9. The topological polar surface area (TPSA) is 88.4 Å². The minimum absolute atomic E-state index is 0.0677. The maximum atomic E-state index is 14.1. The Morgan fingerprint density at radius 3 is 2.37 bits per heavy atom. The van der Waals surface area contributed by atoms with E-state index in [4.69, 9.17) is 18.9 Å². The van der Waals surface area contributed by atoms with E-state index in [-0.39, 0.29) is 23.8 Å². The van der Waals surface area contributed by atoms with E-state index < -0.39 is 12.0 Å². The molecule has 1 aromatic heterocycles. The van der Waals surface area contributed by atoms with Crippen molar-refractivity contribution < 1.29 is 23.7 Å². The lowest BCUT2D eigenvalue weighted by Gasteiger charge is -2.25. The molecule has 5 rings (SSSR count). The molecule has 0 aliphatic carbocycles. The number of aromatic nitrogens is 1. The van der Waals surface area contributed by atoms with Crippen molar-refractivity contribution in [3.63, 3.8) is 0 Å². The van der Waals surface area contributed by atoms with Crippen LogP contribution in [0.3, 0.4) is 0 Å². The summed E-state index contributed by atoms with van der Waals surface area (Å²) in [6, 6.07) is 16.3. The zero-order valence-corrected chi connectivity index (χ0v) is 31.3. The molecule has 0 radical (unpaired) electrons. The molecule has 1 aliphatic rings. The molecule has 1 aliphatic heterocycles. The molecule has 0 saturated carbocycles. The van der Waals surface area contributed by atoms with E-state index in [2.05, 4.69) is 52.8 Å². The average molecular weight is 835 g/mol. The maximum absolute atomic E-state index is 14.1. The number of fused-ring (bicyclic) bond motifs is 1. The van der Waals surface area contributed by atoms with Crippen molar-refractivity contribution >= 4 is 71.2 Å². The SMILES string of the molecule is CCOC(=O)C1=C(C)N=c2s/c(=C\c3cc(Br)c(OCc4ccc(Br)cc4)c(Br)c3)c(=O)n2[C@H]1c1ccc(OC(C)C)c(OC)c1. The molecule has 12 heteroatoms. The van der Waals surface area contributed by atoms with Crippen LogP contribution in [0.2, 0.25) is 0 Å². The first kappa shape index (κ1) is 34.2. The second kappa shape index (κ2) is 14.7. The van der Waals surface area contributed by atoms with Gasteiger partial charge in [-0.25, -0.2) is 9.79 Å². The second-order valence-corrected chi connectivity index (χ2v) is 14.2. The van der Waals surface area contributed by atoms with Crippen molar-refractivity contribution in [2.45, 2.75) is 46.4 Å². The summed E-state index contributed by atoms with van der Waals surface area (Å²) in [6.07, 6.45) is 1.74. The van der Waals surface area contributed by atoms with Crippen LogP contribution in [-0.2, 0) is 16.1 Å². The number of rotatable bonds is 10. The van der Waals surface area contributed by atoms with Crippen molar-refractivity contribution in [3.8, 4) is 17.2 Å². The van der Waals surface area contributed by atoms with E-state index >= 15 is 0 Å². The van der Waals surface area contributed by atoms with Gasteiger partial charge in [-0.2, -0.15) is 0 Å². The third kappa shape index (κ3) is 7.35. The van der Waals surface area contributed by atoms with Gasteiger partial charge in [-0.3, -0.25) is 9.36 Å². The second-order valence-electron chi connectivity index (χ2n) is 10.6. The quantitative estimate of drug-likeness (QED) is 0.154. The van der Waals surface area contributed by atoms with Crippen LogP contribution in [0.15, 0.2) is 89.1 Å². The highest BCUT2D eigenvalue weighted by Crippen LogP contribution is 2.37. The minimum Gasteiger partial charge on any atom is -0.493 e.